The fraction of sp³-hybridized carbons (Fsp3) is 0.500. The van der Waals surface area contributed by atoms with Gasteiger partial charge in [-0.2, -0.15) is 0 Å². The number of rotatable bonds is 1. The van der Waals surface area contributed by atoms with E-state index in [1.54, 1.807) is 5.94 Å². The van der Waals surface area contributed by atoms with E-state index in [0.29, 0.717) is 18.7 Å². The normalized spacial score (nSPS) is 23.6. The molecule has 0 saturated carbocycles. The Labute approximate surface area is 57.5 Å². The van der Waals surface area contributed by atoms with E-state index in [4.69, 9.17) is 5.11 Å². The molecule has 4 nitrogen and oxygen atoms in total. The number of carboxylic acid groups (broad SMARTS) is 1. The van der Waals surface area contributed by atoms with Gasteiger partial charge >= 0.3 is 5.97 Å². The maximum Gasteiger partial charge on any atom is 0.308 e. The lowest BCUT2D eigenvalue weighted by Crippen LogP contribution is -2.16. The molecule has 0 aromatic heterocycles. The molecular weight excluding hydrogens is 134 g/mol. The van der Waals surface area contributed by atoms with Crippen molar-refractivity contribution in [2.45, 2.75) is 6.42 Å². The summed E-state index contributed by atoms with van der Waals surface area (Å²) in [6.07, 6.45) is 0.291. The Morgan fingerprint density at radius 1 is 1.80 bits per heavy atom. The van der Waals surface area contributed by atoms with Gasteiger partial charge in [-0.25, -0.2) is 4.79 Å². The van der Waals surface area contributed by atoms with E-state index >= 15 is 0 Å². The van der Waals surface area contributed by atoms with Crippen molar-refractivity contribution in [2.24, 2.45) is 5.92 Å². The second-order valence-corrected chi connectivity index (χ2v) is 2.20. The van der Waals surface area contributed by atoms with E-state index in [1.807, 2.05) is 0 Å². The third-order valence-corrected chi connectivity index (χ3v) is 1.48. The standard InChI is InChI=1S/C6H7NO3/c8-3-5-1-4(2-7-5)6(9)10/h4,7H,1-2H2,(H,9,10). The van der Waals surface area contributed by atoms with Gasteiger partial charge in [-0.15, -0.1) is 0 Å². The minimum Gasteiger partial charge on any atom is -0.481 e. The molecule has 0 bridgehead atoms. The highest BCUT2D eigenvalue weighted by Crippen LogP contribution is 2.13. The van der Waals surface area contributed by atoms with Crippen LogP contribution >= 0.6 is 0 Å². The Kier molecular flexibility index (Phi) is 1.73. The first-order valence-electron chi connectivity index (χ1n) is 2.94. The van der Waals surface area contributed by atoms with Gasteiger partial charge in [0, 0.05) is 13.0 Å². The van der Waals surface area contributed by atoms with Crippen molar-refractivity contribution in [3.8, 4) is 0 Å². The molecule has 1 unspecified atom stereocenters. The highest BCUT2D eigenvalue weighted by Gasteiger charge is 2.25. The van der Waals surface area contributed by atoms with Gasteiger partial charge in [-0.3, -0.25) is 4.79 Å². The molecule has 1 aliphatic rings. The largest absolute Gasteiger partial charge is 0.481 e. The Morgan fingerprint density at radius 3 is 2.80 bits per heavy atom. The summed E-state index contributed by atoms with van der Waals surface area (Å²) >= 11 is 0. The van der Waals surface area contributed by atoms with Gasteiger partial charge < -0.3 is 10.4 Å². The van der Waals surface area contributed by atoms with E-state index in [2.05, 4.69) is 5.32 Å². The second-order valence-electron chi connectivity index (χ2n) is 2.20. The molecule has 1 saturated heterocycles. The average Bonchev–Trinajstić information content (AvgIpc) is 2.34. The van der Waals surface area contributed by atoms with Crippen molar-refractivity contribution in [2.75, 3.05) is 6.54 Å². The van der Waals surface area contributed by atoms with Gasteiger partial charge in [0.1, 0.15) is 5.94 Å². The Hall–Kier alpha value is -1.28. The third kappa shape index (κ3) is 1.17. The number of hydrogen-bond acceptors (Lipinski definition) is 3. The van der Waals surface area contributed by atoms with E-state index in [0.717, 1.165) is 0 Å². The van der Waals surface area contributed by atoms with Crippen LogP contribution in [0.5, 0.6) is 0 Å². The van der Waals surface area contributed by atoms with E-state index in [1.165, 1.54) is 0 Å². The minimum atomic E-state index is -0.863. The molecule has 1 atom stereocenters. The maximum absolute atomic E-state index is 10.3. The smallest absolute Gasteiger partial charge is 0.308 e. The van der Waals surface area contributed by atoms with Crippen molar-refractivity contribution in [3.63, 3.8) is 0 Å². The zero-order valence-corrected chi connectivity index (χ0v) is 5.26. The molecule has 4 heteroatoms. The van der Waals surface area contributed by atoms with Crippen molar-refractivity contribution < 1.29 is 14.7 Å². The quantitative estimate of drug-likeness (QED) is 0.478. The molecule has 10 heavy (non-hydrogen) atoms. The average molecular weight is 141 g/mol. The van der Waals surface area contributed by atoms with Crippen molar-refractivity contribution in [1.82, 2.24) is 5.32 Å². The number of hydrogen-bond donors (Lipinski definition) is 2. The molecule has 0 radical (unpaired) electrons. The highest BCUT2D eigenvalue weighted by atomic mass is 16.4. The van der Waals surface area contributed by atoms with Crippen LogP contribution in [-0.2, 0) is 9.59 Å². The van der Waals surface area contributed by atoms with E-state index < -0.39 is 11.9 Å². The number of aliphatic carboxylic acids is 1. The summed E-state index contributed by atoms with van der Waals surface area (Å²) < 4.78 is 0. The van der Waals surface area contributed by atoms with Crippen molar-refractivity contribution in [3.05, 3.63) is 5.70 Å². The summed E-state index contributed by atoms with van der Waals surface area (Å²) in [5.41, 5.74) is 0.368. The van der Waals surface area contributed by atoms with Gasteiger partial charge in [-0.1, -0.05) is 0 Å². The van der Waals surface area contributed by atoms with Gasteiger partial charge in [-0.05, 0) is 0 Å². The maximum atomic E-state index is 10.3. The lowest BCUT2D eigenvalue weighted by atomic mass is 10.1. The Morgan fingerprint density at radius 2 is 2.50 bits per heavy atom. The van der Waals surface area contributed by atoms with Crippen molar-refractivity contribution >= 4 is 11.9 Å². The molecule has 1 aliphatic heterocycles. The number of carbonyl (C=O) groups is 1. The highest BCUT2D eigenvalue weighted by molar-refractivity contribution is 5.72. The number of carbonyl (C=O) groups excluding carboxylic acids is 1. The summed E-state index contributed by atoms with van der Waals surface area (Å²) in [6, 6.07) is 0. The molecular formula is C6H7NO3. The SMILES string of the molecule is O=C=C1CC(C(=O)O)CN1. The predicted octanol–water partition coefficient (Wildman–Crippen LogP) is -0.604. The van der Waals surface area contributed by atoms with Crippen LogP contribution in [0, 0.1) is 5.92 Å². The van der Waals surface area contributed by atoms with Crippen LogP contribution in [0.25, 0.3) is 0 Å². The zero-order valence-electron chi connectivity index (χ0n) is 5.26. The van der Waals surface area contributed by atoms with Gasteiger partial charge in [0.05, 0.1) is 11.6 Å². The van der Waals surface area contributed by atoms with E-state index in [-0.39, 0.29) is 0 Å². The summed E-state index contributed by atoms with van der Waals surface area (Å²) in [7, 11) is 0. The van der Waals surface area contributed by atoms with Crippen molar-refractivity contribution in [1.29, 1.82) is 0 Å². The summed E-state index contributed by atoms with van der Waals surface area (Å²) in [4.78, 5) is 20.2. The number of nitrogens with one attached hydrogen (secondary N) is 1. The number of carboxylic acids is 1. The topological polar surface area (TPSA) is 66.4 Å². The molecule has 2 N–H and O–H groups in total. The van der Waals surface area contributed by atoms with Gasteiger partial charge in [0.15, 0.2) is 0 Å². The zero-order chi connectivity index (χ0) is 7.56. The molecule has 0 aromatic carbocycles. The van der Waals surface area contributed by atoms with Crippen LogP contribution in [0.4, 0.5) is 0 Å². The Bertz CT molecular complexity index is 205. The first kappa shape index (κ1) is 6.83. The van der Waals surface area contributed by atoms with Gasteiger partial charge in [0.2, 0.25) is 0 Å². The molecule has 0 spiro atoms. The molecule has 1 rings (SSSR count). The first-order valence-corrected chi connectivity index (χ1v) is 2.94. The van der Waals surface area contributed by atoms with Crippen LogP contribution in [0.2, 0.25) is 0 Å². The molecule has 0 aromatic rings. The third-order valence-electron chi connectivity index (χ3n) is 1.48. The van der Waals surface area contributed by atoms with Crippen LogP contribution in [0.1, 0.15) is 6.42 Å². The summed E-state index contributed by atoms with van der Waals surface area (Å²) in [6.45, 7) is 0.347. The second kappa shape index (κ2) is 2.54. The lowest BCUT2D eigenvalue weighted by molar-refractivity contribution is -0.140. The molecule has 1 heterocycles. The fourth-order valence-electron chi connectivity index (χ4n) is 0.890. The lowest BCUT2D eigenvalue weighted by Gasteiger charge is -1.95. The number of allylic oxidation sites excluding steroid dienone is 1. The van der Waals surface area contributed by atoms with Crippen LogP contribution in [0.3, 0.4) is 0 Å². The van der Waals surface area contributed by atoms with Gasteiger partial charge in [0.25, 0.3) is 0 Å². The molecule has 1 fully saturated rings. The summed E-state index contributed by atoms with van der Waals surface area (Å²) in [5, 5.41) is 11.1. The minimum absolute atomic E-state index is 0.291. The van der Waals surface area contributed by atoms with Crippen LogP contribution < -0.4 is 5.32 Å². The monoisotopic (exact) mass is 141 g/mol. The Balaban J connectivity index is 2.59. The van der Waals surface area contributed by atoms with Crippen LogP contribution in [0.15, 0.2) is 5.70 Å². The fourth-order valence-corrected chi connectivity index (χ4v) is 0.890. The van der Waals surface area contributed by atoms with E-state index in [9.17, 15) is 9.59 Å². The predicted molar refractivity (Wildman–Crippen MR) is 33.0 cm³/mol. The first-order chi connectivity index (χ1) is 4.74. The molecule has 54 valence electrons. The summed E-state index contributed by atoms with van der Waals surface area (Å²) in [5.74, 6) is 0.330. The van der Waals surface area contributed by atoms with Crippen LogP contribution in [-0.4, -0.2) is 23.6 Å². The molecule has 0 aliphatic carbocycles. The molecule has 0 amide bonds.